The molecule has 2 aromatic rings. The first-order chi connectivity index (χ1) is 13.3. The minimum absolute atomic E-state index is 0.0752. The second-order valence-corrected chi connectivity index (χ2v) is 10.4. The predicted molar refractivity (Wildman–Crippen MR) is 105 cm³/mol. The van der Waals surface area contributed by atoms with Gasteiger partial charge in [0, 0.05) is 43.5 Å². The number of amides is 1. The number of hydrogen-bond acceptors (Lipinski definition) is 6. The summed E-state index contributed by atoms with van der Waals surface area (Å²) in [5, 5.41) is 5.93. The van der Waals surface area contributed by atoms with Crippen LogP contribution in [0.1, 0.15) is 48.1 Å². The third-order valence-electron chi connectivity index (χ3n) is 5.39. The molecule has 2 aliphatic rings. The number of aryl methyl sites for hydroxylation is 2. The molecule has 1 saturated heterocycles. The van der Waals surface area contributed by atoms with Gasteiger partial charge in [-0.1, -0.05) is 0 Å². The fourth-order valence-corrected chi connectivity index (χ4v) is 5.90. The van der Waals surface area contributed by atoms with Gasteiger partial charge in [0.25, 0.3) is 10.0 Å². The molecule has 2 fully saturated rings. The number of carbonyl (C=O) groups is 1. The molecule has 1 aliphatic heterocycles. The number of imidazole rings is 1. The van der Waals surface area contributed by atoms with Crippen molar-refractivity contribution in [2.24, 2.45) is 13.0 Å². The lowest BCUT2D eigenvalue weighted by Gasteiger charge is -2.30. The maximum atomic E-state index is 13.0. The lowest BCUT2D eigenvalue weighted by atomic mass is 10.0. The van der Waals surface area contributed by atoms with E-state index in [4.69, 9.17) is 0 Å². The van der Waals surface area contributed by atoms with Gasteiger partial charge in [-0.25, -0.2) is 18.4 Å². The predicted octanol–water partition coefficient (Wildman–Crippen LogP) is 1.78. The fraction of sp³-hybridized carbons (Fsp3) is 0.611. The third-order valence-corrected chi connectivity index (χ3v) is 8.18. The molecule has 1 unspecified atom stereocenters. The summed E-state index contributed by atoms with van der Waals surface area (Å²) < 4.78 is 29.2. The largest absolute Gasteiger partial charge is 0.350 e. The molecule has 1 amide bonds. The van der Waals surface area contributed by atoms with E-state index in [0.29, 0.717) is 25.5 Å². The zero-order chi connectivity index (χ0) is 19.9. The first kappa shape index (κ1) is 19.5. The van der Waals surface area contributed by atoms with Gasteiger partial charge >= 0.3 is 0 Å². The van der Waals surface area contributed by atoms with Crippen LogP contribution in [-0.4, -0.2) is 46.3 Å². The normalized spacial score (nSPS) is 21.0. The number of thiazole rings is 1. The van der Waals surface area contributed by atoms with E-state index in [1.165, 1.54) is 4.31 Å². The van der Waals surface area contributed by atoms with Crippen LogP contribution in [-0.2, 0) is 28.4 Å². The lowest BCUT2D eigenvalue weighted by Crippen LogP contribution is -2.39. The molecule has 152 valence electrons. The van der Waals surface area contributed by atoms with Crippen LogP contribution in [0.25, 0.3) is 0 Å². The van der Waals surface area contributed by atoms with Gasteiger partial charge in [0.1, 0.15) is 5.82 Å². The van der Waals surface area contributed by atoms with Gasteiger partial charge in [0.05, 0.1) is 17.2 Å². The van der Waals surface area contributed by atoms with Crippen molar-refractivity contribution in [2.75, 3.05) is 13.1 Å². The molecule has 1 aliphatic carbocycles. The van der Waals surface area contributed by atoms with Crippen molar-refractivity contribution in [1.82, 2.24) is 24.2 Å². The molecule has 28 heavy (non-hydrogen) atoms. The van der Waals surface area contributed by atoms with E-state index in [2.05, 4.69) is 15.3 Å². The molecule has 10 heteroatoms. The Kier molecular flexibility index (Phi) is 5.28. The zero-order valence-electron chi connectivity index (χ0n) is 16.1. The van der Waals surface area contributed by atoms with E-state index in [-0.39, 0.29) is 22.8 Å². The molecule has 8 nitrogen and oxygen atoms in total. The number of nitrogens with one attached hydrogen (secondary N) is 1. The standard InChI is InChI=1S/C18H25N5O3S2/c1-12-20-16(10-22(12)2)28(25,26)23-7-3-4-14(9-23)18-21-15(11-27-18)8-19-17(24)13-5-6-13/h10-11,13-14H,3-9H2,1-2H3,(H,19,24). The number of nitrogens with zero attached hydrogens (tertiary/aromatic N) is 4. The van der Waals surface area contributed by atoms with Crippen LogP contribution in [0.5, 0.6) is 0 Å². The van der Waals surface area contributed by atoms with E-state index in [0.717, 1.165) is 36.4 Å². The van der Waals surface area contributed by atoms with Crippen molar-refractivity contribution in [2.45, 2.75) is 50.1 Å². The average Bonchev–Trinajstić information content (AvgIpc) is 3.33. The summed E-state index contributed by atoms with van der Waals surface area (Å²) in [7, 11) is -1.81. The first-order valence-corrected chi connectivity index (χ1v) is 11.9. The van der Waals surface area contributed by atoms with Crippen molar-refractivity contribution >= 4 is 27.3 Å². The van der Waals surface area contributed by atoms with Crippen LogP contribution >= 0.6 is 11.3 Å². The van der Waals surface area contributed by atoms with E-state index >= 15 is 0 Å². The zero-order valence-corrected chi connectivity index (χ0v) is 17.7. The molecule has 1 N–H and O–H groups in total. The molecule has 0 radical (unpaired) electrons. The Morgan fingerprint density at radius 3 is 2.79 bits per heavy atom. The van der Waals surface area contributed by atoms with E-state index in [9.17, 15) is 13.2 Å². The molecular formula is C18H25N5O3S2. The monoisotopic (exact) mass is 423 g/mol. The van der Waals surface area contributed by atoms with Crippen LogP contribution in [0.4, 0.5) is 0 Å². The highest BCUT2D eigenvalue weighted by atomic mass is 32.2. The van der Waals surface area contributed by atoms with Crippen LogP contribution in [0, 0.1) is 12.8 Å². The van der Waals surface area contributed by atoms with E-state index in [1.54, 1.807) is 36.1 Å². The van der Waals surface area contributed by atoms with Gasteiger partial charge in [-0.05, 0) is 32.6 Å². The number of piperidine rings is 1. The molecule has 2 aromatic heterocycles. The SMILES string of the molecule is Cc1nc(S(=O)(=O)N2CCCC(c3nc(CNC(=O)C4CC4)cs3)C2)cn1C. The summed E-state index contributed by atoms with van der Waals surface area (Å²) in [4.78, 5) is 20.6. The number of rotatable bonds is 6. The number of aromatic nitrogens is 3. The summed E-state index contributed by atoms with van der Waals surface area (Å²) in [6.45, 7) is 3.15. The van der Waals surface area contributed by atoms with Crippen LogP contribution in [0.2, 0.25) is 0 Å². The second-order valence-electron chi connectivity index (χ2n) is 7.61. The topological polar surface area (TPSA) is 97.2 Å². The van der Waals surface area contributed by atoms with Gasteiger partial charge in [0.15, 0.2) is 5.03 Å². The molecule has 0 aromatic carbocycles. The van der Waals surface area contributed by atoms with Gasteiger partial charge in [-0.3, -0.25) is 4.79 Å². The summed E-state index contributed by atoms with van der Waals surface area (Å²) >= 11 is 1.54. The first-order valence-electron chi connectivity index (χ1n) is 9.56. The quantitative estimate of drug-likeness (QED) is 0.764. The summed E-state index contributed by atoms with van der Waals surface area (Å²) in [5.74, 6) is 1.04. The third kappa shape index (κ3) is 3.99. The Hall–Kier alpha value is -1.78. The van der Waals surface area contributed by atoms with Crippen molar-refractivity contribution < 1.29 is 13.2 Å². The van der Waals surface area contributed by atoms with Gasteiger partial charge in [0.2, 0.25) is 5.91 Å². The highest BCUT2D eigenvalue weighted by molar-refractivity contribution is 7.89. The summed E-state index contributed by atoms with van der Waals surface area (Å²) in [5.41, 5.74) is 0.842. The van der Waals surface area contributed by atoms with Crippen LogP contribution in [0.15, 0.2) is 16.6 Å². The lowest BCUT2D eigenvalue weighted by molar-refractivity contribution is -0.122. The number of carbonyl (C=O) groups excluding carboxylic acids is 1. The minimum atomic E-state index is -3.60. The van der Waals surface area contributed by atoms with Crippen molar-refractivity contribution in [3.8, 4) is 0 Å². The maximum Gasteiger partial charge on any atom is 0.262 e. The molecule has 1 saturated carbocycles. The van der Waals surface area contributed by atoms with Crippen molar-refractivity contribution in [3.05, 3.63) is 28.1 Å². The Morgan fingerprint density at radius 2 is 2.11 bits per heavy atom. The number of sulfonamides is 1. The Labute approximate surface area is 169 Å². The van der Waals surface area contributed by atoms with Crippen LogP contribution in [0.3, 0.4) is 0 Å². The average molecular weight is 424 g/mol. The van der Waals surface area contributed by atoms with Crippen molar-refractivity contribution in [3.63, 3.8) is 0 Å². The maximum absolute atomic E-state index is 13.0. The molecular weight excluding hydrogens is 398 g/mol. The molecule has 1 atom stereocenters. The fourth-order valence-electron chi connectivity index (χ4n) is 3.40. The van der Waals surface area contributed by atoms with E-state index < -0.39 is 10.0 Å². The van der Waals surface area contributed by atoms with Gasteiger partial charge < -0.3 is 9.88 Å². The Morgan fingerprint density at radius 1 is 1.32 bits per heavy atom. The molecule has 3 heterocycles. The van der Waals surface area contributed by atoms with Gasteiger partial charge in [-0.2, -0.15) is 4.31 Å². The number of hydrogen-bond donors (Lipinski definition) is 1. The summed E-state index contributed by atoms with van der Waals surface area (Å²) in [6, 6.07) is 0. The molecule has 4 rings (SSSR count). The second kappa shape index (κ2) is 7.57. The highest BCUT2D eigenvalue weighted by Gasteiger charge is 2.34. The molecule has 0 bridgehead atoms. The minimum Gasteiger partial charge on any atom is -0.350 e. The summed E-state index contributed by atoms with van der Waals surface area (Å²) in [6.07, 6.45) is 5.24. The van der Waals surface area contributed by atoms with Gasteiger partial charge in [-0.15, -0.1) is 11.3 Å². The van der Waals surface area contributed by atoms with E-state index in [1.807, 2.05) is 5.38 Å². The van der Waals surface area contributed by atoms with Crippen LogP contribution < -0.4 is 5.32 Å². The Balaban J connectivity index is 1.43. The smallest absolute Gasteiger partial charge is 0.262 e. The highest BCUT2D eigenvalue weighted by Crippen LogP contribution is 2.32. The van der Waals surface area contributed by atoms with Crippen molar-refractivity contribution in [1.29, 1.82) is 0 Å². The Bertz CT molecular complexity index is 958. The molecule has 0 spiro atoms.